The van der Waals surface area contributed by atoms with E-state index in [0.717, 1.165) is 5.56 Å². The van der Waals surface area contributed by atoms with E-state index in [1.54, 1.807) is 42.5 Å². The Kier molecular flexibility index (Phi) is 5.28. The standard InChI is InChI=1S/C18H14ClN3O4/c1-11(23)25-15-4-2-3-13(9-15)18(24)20-10-16-21-17(22-26-16)12-5-7-14(19)8-6-12/h2-9H,10H2,1H3,(H,20,24). The smallest absolute Gasteiger partial charge is 0.308 e. The van der Waals surface area contributed by atoms with Gasteiger partial charge in [0.2, 0.25) is 11.7 Å². The quantitative estimate of drug-likeness (QED) is 0.546. The highest BCUT2D eigenvalue weighted by atomic mass is 35.5. The number of aromatic nitrogens is 2. The van der Waals surface area contributed by atoms with Crippen LogP contribution in [0.3, 0.4) is 0 Å². The molecule has 1 amide bonds. The molecule has 0 fully saturated rings. The molecule has 0 bridgehead atoms. The number of halogens is 1. The molecule has 0 unspecified atom stereocenters. The van der Waals surface area contributed by atoms with E-state index in [9.17, 15) is 9.59 Å². The second kappa shape index (κ2) is 7.79. The molecule has 0 saturated heterocycles. The van der Waals surface area contributed by atoms with Crippen molar-refractivity contribution in [1.82, 2.24) is 15.5 Å². The van der Waals surface area contributed by atoms with Gasteiger partial charge in [-0.15, -0.1) is 0 Å². The maximum absolute atomic E-state index is 12.2. The van der Waals surface area contributed by atoms with Gasteiger partial charge in [-0.3, -0.25) is 9.59 Å². The molecule has 0 atom stereocenters. The molecular weight excluding hydrogens is 358 g/mol. The van der Waals surface area contributed by atoms with Crippen molar-refractivity contribution in [3.8, 4) is 17.1 Å². The Labute approximate surface area is 153 Å². The van der Waals surface area contributed by atoms with E-state index in [1.807, 2.05) is 0 Å². The van der Waals surface area contributed by atoms with Crippen molar-refractivity contribution >= 4 is 23.5 Å². The Morgan fingerprint density at radius 1 is 1.19 bits per heavy atom. The lowest BCUT2D eigenvalue weighted by Crippen LogP contribution is -2.23. The monoisotopic (exact) mass is 371 g/mol. The van der Waals surface area contributed by atoms with Gasteiger partial charge in [0.25, 0.3) is 5.91 Å². The molecule has 1 N–H and O–H groups in total. The highest BCUT2D eigenvalue weighted by molar-refractivity contribution is 6.30. The van der Waals surface area contributed by atoms with Gasteiger partial charge in [0.15, 0.2) is 0 Å². The molecule has 1 heterocycles. The molecule has 0 aliphatic rings. The fraction of sp³-hybridized carbons (Fsp3) is 0.111. The molecule has 3 rings (SSSR count). The first-order valence-corrected chi connectivity index (χ1v) is 8.04. The number of esters is 1. The third-order valence-electron chi connectivity index (χ3n) is 3.33. The number of carbonyl (C=O) groups is 2. The summed E-state index contributed by atoms with van der Waals surface area (Å²) in [4.78, 5) is 27.4. The Balaban J connectivity index is 1.63. The summed E-state index contributed by atoms with van der Waals surface area (Å²) >= 11 is 5.85. The number of hydrogen-bond donors (Lipinski definition) is 1. The van der Waals surface area contributed by atoms with Gasteiger partial charge < -0.3 is 14.6 Å². The maximum atomic E-state index is 12.2. The van der Waals surface area contributed by atoms with Gasteiger partial charge in [-0.05, 0) is 42.5 Å². The summed E-state index contributed by atoms with van der Waals surface area (Å²) in [6.45, 7) is 1.36. The third-order valence-corrected chi connectivity index (χ3v) is 3.58. The normalized spacial score (nSPS) is 10.4. The molecule has 0 aliphatic carbocycles. The van der Waals surface area contributed by atoms with E-state index in [1.165, 1.54) is 13.0 Å². The Hall–Kier alpha value is -3.19. The van der Waals surface area contributed by atoms with Crippen LogP contribution in [0, 0.1) is 0 Å². The zero-order chi connectivity index (χ0) is 18.5. The summed E-state index contributed by atoms with van der Waals surface area (Å²) in [5.41, 5.74) is 1.10. The summed E-state index contributed by atoms with van der Waals surface area (Å²) in [6, 6.07) is 13.3. The SMILES string of the molecule is CC(=O)Oc1cccc(C(=O)NCc2nc(-c3ccc(Cl)cc3)no2)c1. The largest absolute Gasteiger partial charge is 0.427 e. The summed E-state index contributed by atoms with van der Waals surface area (Å²) in [6.07, 6.45) is 0. The van der Waals surface area contributed by atoms with E-state index in [2.05, 4.69) is 15.5 Å². The lowest BCUT2D eigenvalue weighted by Gasteiger charge is -2.05. The predicted molar refractivity (Wildman–Crippen MR) is 93.7 cm³/mol. The second-order valence-electron chi connectivity index (χ2n) is 5.32. The van der Waals surface area contributed by atoms with Crippen LogP contribution in [0.5, 0.6) is 5.75 Å². The molecular formula is C18H14ClN3O4. The fourth-order valence-corrected chi connectivity index (χ4v) is 2.29. The summed E-state index contributed by atoms with van der Waals surface area (Å²) in [7, 11) is 0. The van der Waals surface area contributed by atoms with Crippen molar-refractivity contribution in [3.63, 3.8) is 0 Å². The summed E-state index contributed by atoms with van der Waals surface area (Å²) < 4.78 is 10.1. The molecule has 8 heteroatoms. The van der Waals surface area contributed by atoms with Crippen molar-refractivity contribution in [2.45, 2.75) is 13.5 Å². The van der Waals surface area contributed by atoms with Crippen LogP contribution in [0.1, 0.15) is 23.2 Å². The lowest BCUT2D eigenvalue weighted by atomic mass is 10.2. The number of nitrogens with one attached hydrogen (secondary N) is 1. The van der Waals surface area contributed by atoms with Crippen molar-refractivity contribution in [2.24, 2.45) is 0 Å². The third kappa shape index (κ3) is 4.46. The Bertz CT molecular complexity index is 938. The highest BCUT2D eigenvalue weighted by Gasteiger charge is 2.12. The van der Waals surface area contributed by atoms with Crippen LogP contribution in [-0.4, -0.2) is 22.0 Å². The van der Waals surface area contributed by atoms with Crippen LogP contribution in [0.2, 0.25) is 5.02 Å². The molecule has 0 saturated carbocycles. The zero-order valence-electron chi connectivity index (χ0n) is 13.7. The van der Waals surface area contributed by atoms with Gasteiger partial charge in [-0.2, -0.15) is 4.98 Å². The van der Waals surface area contributed by atoms with Crippen LogP contribution in [0.25, 0.3) is 11.4 Å². The van der Waals surface area contributed by atoms with Crippen molar-refractivity contribution in [1.29, 1.82) is 0 Å². The van der Waals surface area contributed by atoms with Crippen molar-refractivity contribution in [3.05, 3.63) is 65.0 Å². The molecule has 2 aromatic carbocycles. The first kappa shape index (κ1) is 17.6. The number of hydrogen-bond acceptors (Lipinski definition) is 6. The summed E-state index contributed by atoms with van der Waals surface area (Å²) in [5.74, 6) is 0.156. The Morgan fingerprint density at radius 2 is 1.96 bits per heavy atom. The van der Waals surface area contributed by atoms with E-state index in [4.69, 9.17) is 20.9 Å². The van der Waals surface area contributed by atoms with E-state index >= 15 is 0 Å². The van der Waals surface area contributed by atoms with Crippen molar-refractivity contribution < 1.29 is 18.8 Å². The van der Waals surface area contributed by atoms with Gasteiger partial charge in [0.05, 0.1) is 6.54 Å². The summed E-state index contributed by atoms with van der Waals surface area (Å²) in [5, 5.41) is 7.16. The zero-order valence-corrected chi connectivity index (χ0v) is 14.5. The van der Waals surface area contributed by atoms with Crippen LogP contribution in [0.4, 0.5) is 0 Å². The second-order valence-corrected chi connectivity index (χ2v) is 5.76. The molecule has 132 valence electrons. The molecule has 26 heavy (non-hydrogen) atoms. The molecule has 1 aromatic heterocycles. The average Bonchev–Trinajstić information content (AvgIpc) is 3.09. The number of amides is 1. The van der Waals surface area contributed by atoms with E-state index in [0.29, 0.717) is 22.2 Å². The fourth-order valence-electron chi connectivity index (χ4n) is 2.17. The van der Waals surface area contributed by atoms with Crippen molar-refractivity contribution in [2.75, 3.05) is 0 Å². The number of nitrogens with zero attached hydrogens (tertiary/aromatic N) is 2. The number of ether oxygens (including phenoxy) is 1. The van der Waals surface area contributed by atoms with Gasteiger partial charge >= 0.3 is 5.97 Å². The molecule has 3 aromatic rings. The van der Waals surface area contributed by atoms with E-state index in [-0.39, 0.29) is 18.3 Å². The molecule has 0 spiro atoms. The molecule has 0 aliphatic heterocycles. The van der Waals surface area contributed by atoms with Crippen LogP contribution in [0.15, 0.2) is 53.1 Å². The van der Waals surface area contributed by atoms with Gasteiger partial charge in [0, 0.05) is 23.1 Å². The first-order chi connectivity index (χ1) is 12.5. The van der Waals surface area contributed by atoms with Crippen LogP contribution < -0.4 is 10.1 Å². The minimum absolute atomic E-state index is 0.0667. The average molecular weight is 372 g/mol. The maximum Gasteiger partial charge on any atom is 0.308 e. The van der Waals surface area contributed by atoms with E-state index < -0.39 is 5.97 Å². The predicted octanol–water partition coefficient (Wildman–Crippen LogP) is 3.25. The topological polar surface area (TPSA) is 94.3 Å². The highest BCUT2D eigenvalue weighted by Crippen LogP contribution is 2.18. The first-order valence-electron chi connectivity index (χ1n) is 7.66. The Morgan fingerprint density at radius 3 is 2.69 bits per heavy atom. The minimum Gasteiger partial charge on any atom is -0.427 e. The number of benzene rings is 2. The van der Waals surface area contributed by atoms with Gasteiger partial charge in [0.1, 0.15) is 5.75 Å². The van der Waals surface area contributed by atoms with Crippen LogP contribution in [-0.2, 0) is 11.3 Å². The minimum atomic E-state index is -0.455. The number of carbonyl (C=O) groups excluding carboxylic acids is 2. The van der Waals surface area contributed by atoms with Gasteiger partial charge in [-0.1, -0.05) is 22.8 Å². The number of rotatable bonds is 5. The van der Waals surface area contributed by atoms with Gasteiger partial charge in [-0.25, -0.2) is 0 Å². The molecule has 7 nitrogen and oxygen atoms in total. The van der Waals surface area contributed by atoms with Crippen LogP contribution >= 0.6 is 11.6 Å². The lowest BCUT2D eigenvalue weighted by molar-refractivity contribution is -0.131. The molecule has 0 radical (unpaired) electrons.